The normalized spacial score (nSPS) is 10.0. The molecule has 3 heteroatoms. The van der Waals surface area contributed by atoms with E-state index in [-0.39, 0.29) is 5.91 Å². The third kappa shape index (κ3) is 5.95. The van der Waals surface area contributed by atoms with Crippen LogP contribution in [0.1, 0.15) is 25.7 Å². The molecule has 1 aromatic rings. The summed E-state index contributed by atoms with van der Waals surface area (Å²) >= 11 is 0. The number of carbonyl (C=O) groups excluding carboxylic acids is 1. The highest BCUT2D eigenvalue weighted by molar-refractivity contribution is 5.75. The van der Waals surface area contributed by atoms with Gasteiger partial charge >= 0.3 is 0 Å². The Morgan fingerprint density at radius 1 is 1.12 bits per heavy atom. The van der Waals surface area contributed by atoms with Crippen LogP contribution in [0.25, 0.3) is 0 Å². The van der Waals surface area contributed by atoms with Gasteiger partial charge in [0.25, 0.3) is 0 Å². The van der Waals surface area contributed by atoms with Crippen LogP contribution in [0.3, 0.4) is 0 Å². The largest absolute Gasteiger partial charge is 0.494 e. The first-order valence-corrected chi connectivity index (χ1v) is 6.08. The van der Waals surface area contributed by atoms with Crippen molar-refractivity contribution in [2.75, 3.05) is 20.7 Å². The van der Waals surface area contributed by atoms with Crippen LogP contribution >= 0.6 is 0 Å². The van der Waals surface area contributed by atoms with Crippen LogP contribution in [-0.2, 0) is 4.79 Å². The van der Waals surface area contributed by atoms with Gasteiger partial charge < -0.3 is 9.64 Å². The van der Waals surface area contributed by atoms with E-state index in [4.69, 9.17) is 4.74 Å². The van der Waals surface area contributed by atoms with Crippen molar-refractivity contribution in [2.24, 2.45) is 0 Å². The third-order valence-corrected chi connectivity index (χ3v) is 2.55. The first-order chi connectivity index (χ1) is 8.20. The number of ether oxygens (including phenoxy) is 1. The second kappa shape index (κ2) is 7.71. The molecule has 0 aliphatic rings. The Morgan fingerprint density at radius 2 is 1.82 bits per heavy atom. The molecule has 1 rings (SSSR count). The molecule has 0 atom stereocenters. The summed E-state index contributed by atoms with van der Waals surface area (Å²) in [5.74, 6) is 1.12. The zero-order chi connectivity index (χ0) is 12.5. The lowest BCUT2D eigenvalue weighted by molar-refractivity contribution is -0.128. The Balaban J connectivity index is 2.00. The van der Waals surface area contributed by atoms with Gasteiger partial charge in [0.15, 0.2) is 0 Å². The van der Waals surface area contributed by atoms with Gasteiger partial charge in [0.1, 0.15) is 5.75 Å². The lowest BCUT2D eigenvalue weighted by Crippen LogP contribution is -2.21. The minimum atomic E-state index is 0.203. The predicted molar refractivity (Wildman–Crippen MR) is 69.1 cm³/mol. The van der Waals surface area contributed by atoms with Crippen molar-refractivity contribution in [2.45, 2.75) is 25.7 Å². The summed E-state index contributed by atoms with van der Waals surface area (Å²) in [5, 5.41) is 0. The molecule has 0 aliphatic heterocycles. The molecular formula is C14H21NO2. The van der Waals surface area contributed by atoms with Crippen LogP contribution in [0.4, 0.5) is 0 Å². The number of hydrogen-bond acceptors (Lipinski definition) is 2. The molecule has 0 unspecified atom stereocenters. The molecule has 0 radical (unpaired) electrons. The minimum absolute atomic E-state index is 0.203. The topological polar surface area (TPSA) is 29.5 Å². The van der Waals surface area contributed by atoms with Crippen LogP contribution in [-0.4, -0.2) is 31.5 Å². The molecular weight excluding hydrogens is 214 g/mol. The highest BCUT2D eigenvalue weighted by Crippen LogP contribution is 2.09. The van der Waals surface area contributed by atoms with Gasteiger partial charge in [0, 0.05) is 20.5 Å². The van der Waals surface area contributed by atoms with Gasteiger partial charge in [-0.25, -0.2) is 0 Å². The number of unbranched alkanes of at least 4 members (excludes halogenated alkanes) is 2. The van der Waals surface area contributed by atoms with E-state index in [2.05, 4.69) is 0 Å². The monoisotopic (exact) mass is 235 g/mol. The van der Waals surface area contributed by atoms with E-state index in [0.29, 0.717) is 6.42 Å². The van der Waals surface area contributed by atoms with Gasteiger partial charge in [0.05, 0.1) is 6.61 Å². The molecule has 17 heavy (non-hydrogen) atoms. The van der Waals surface area contributed by atoms with Crippen LogP contribution in [0.5, 0.6) is 5.75 Å². The standard InChI is InChI=1S/C14H21NO2/c1-15(2)14(16)11-7-4-8-12-17-13-9-5-3-6-10-13/h3,5-6,9-10H,4,7-8,11-12H2,1-2H3. The molecule has 1 aromatic carbocycles. The van der Waals surface area contributed by atoms with E-state index >= 15 is 0 Å². The first-order valence-electron chi connectivity index (χ1n) is 6.08. The Morgan fingerprint density at radius 3 is 2.47 bits per heavy atom. The zero-order valence-corrected chi connectivity index (χ0v) is 10.7. The predicted octanol–water partition coefficient (Wildman–Crippen LogP) is 2.71. The molecule has 0 heterocycles. The fourth-order valence-corrected chi connectivity index (χ4v) is 1.49. The molecule has 3 nitrogen and oxygen atoms in total. The number of benzene rings is 1. The fraction of sp³-hybridized carbons (Fsp3) is 0.500. The van der Waals surface area contributed by atoms with Gasteiger partial charge in [-0.1, -0.05) is 18.2 Å². The second-order valence-electron chi connectivity index (χ2n) is 4.26. The molecule has 0 saturated carbocycles. The van der Waals surface area contributed by atoms with Crippen LogP contribution in [0.15, 0.2) is 30.3 Å². The molecule has 94 valence electrons. The molecule has 0 aliphatic carbocycles. The number of hydrogen-bond donors (Lipinski definition) is 0. The summed E-state index contributed by atoms with van der Waals surface area (Å²) in [6, 6.07) is 9.81. The smallest absolute Gasteiger partial charge is 0.222 e. The molecule has 1 amide bonds. The van der Waals surface area contributed by atoms with Gasteiger partial charge in [-0.15, -0.1) is 0 Å². The second-order valence-corrected chi connectivity index (χ2v) is 4.26. The molecule has 0 aromatic heterocycles. The number of carbonyl (C=O) groups is 1. The number of nitrogens with zero attached hydrogens (tertiary/aromatic N) is 1. The Kier molecular flexibility index (Phi) is 6.15. The van der Waals surface area contributed by atoms with Gasteiger partial charge in [-0.05, 0) is 31.4 Å². The van der Waals surface area contributed by atoms with Gasteiger partial charge in [0.2, 0.25) is 5.91 Å². The van der Waals surface area contributed by atoms with Crippen LogP contribution in [0.2, 0.25) is 0 Å². The molecule has 0 fully saturated rings. The highest BCUT2D eigenvalue weighted by Gasteiger charge is 2.02. The van der Waals surface area contributed by atoms with Crippen molar-refractivity contribution in [3.8, 4) is 5.75 Å². The average Bonchev–Trinajstić information content (AvgIpc) is 2.34. The van der Waals surface area contributed by atoms with E-state index in [1.54, 1.807) is 19.0 Å². The summed E-state index contributed by atoms with van der Waals surface area (Å²) in [5.41, 5.74) is 0. The molecule has 0 saturated heterocycles. The van der Waals surface area contributed by atoms with Crippen molar-refractivity contribution in [3.05, 3.63) is 30.3 Å². The third-order valence-electron chi connectivity index (χ3n) is 2.55. The molecule has 0 N–H and O–H groups in total. The Hall–Kier alpha value is -1.51. The lowest BCUT2D eigenvalue weighted by Gasteiger charge is -2.09. The number of para-hydroxylation sites is 1. The summed E-state index contributed by atoms with van der Waals surface area (Å²) in [6.07, 6.45) is 3.61. The minimum Gasteiger partial charge on any atom is -0.494 e. The van der Waals surface area contributed by atoms with Crippen molar-refractivity contribution >= 4 is 5.91 Å². The van der Waals surface area contributed by atoms with Gasteiger partial charge in [-0.2, -0.15) is 0 Å². The quantitative estimate of drug-likeness (QED) is 0.680. The maximum atomic E-state index is 11.3. The zero-order valence-electron chi connectivity index (χ0n) is 10.7. The maximum absolute atomic E-state index is 11.3. The van der Waals surface area contributed by atoms with E-state index in [1.807, 2.05) is 30.3 Å². The SMILES string of the molecule is CN(C)C(=O)CCCCCOc1ccccc1. The molecule has 0 spiro atoms. The van der Waals surface area contributed by atoms with E-state index in [1.165, 1.54) is 0 Å². The van der Waals surface area contributed by atoms with Crippen molar-refractivity contribution in [1.82, 2.24) is 4.90 Å². The lowest BCUT2D eigenvalue weighted by atomic mass is 10.2. The maximum Gasteiger partial charge on any atom is 0.222 e. The van der Waals surface area contributed by atoms with Crippen molar-refractivity contribution in [1.29, 1.82) is 0 Å². The van der Waals surface area contributed by atoms with E-state index in [0.717, 1.165) is 31.6 Å². The Bertz CT molecular complexity index is 322. The highest BCUT2D eigenvalue weighted by atomic mass is 16.5. The summed E-state index contributed by atoms with van der Waals surface area (Å²) in [6.45, 7) is 0.722. The summed E-state index contributed by atoms with van der Waals surface area (Å²) < 4.78 is 5.57. The van der Waals surface area contributed by atoms with Crippen molar-refractivity contribution in [3.63, 3.8) is 0 Å². The first kappa shape index (κ1) is 13.6. The van der Waals surface area contributed by atoms with Gasteiger partial charge in [-0.3, -0.25) is 4.79 Å². The van der Waals surface area contributed by atoms with Crippen LogP contribution < -0.4 is 4.74 Å². The summed E-state index contributed by atoms with van der Waals surface area (Å²) in [4.78, 5) is 12.9. The molecule has 0 bridgehead atoms. The van der Waals surface area contributed by atoms with Crippen molar-refractivity contribution < 1.29 is 9.53 Å². The van der Waals surface area contributed by atoms with E-state index in [9.17, 15) is 4.79 Å². The summed E-state index contributed by atoms with van der Waals surface area (Å²) in [7, 11) is 3.59. The number of amides is 1. The Labute approximate surface area is 103 Å². The fourth-order valence-electron chi connectivity index (χ4n) is 1.49. The van der Waals surface area contributed by atoms with Crippen LogP contribution in [0, 0.1) is 0 Å². The average molecular weight is 235 g/mol. The number of rotatable bonds is 7. The van der Waals surface area contributed by atoms with E-state index < -0.39 is 0 Å².